The first kappa shape index (κ1) is 58.1. The number of para-hydroxylation sites is 4. The van der Waals surface area contributed by atoms with Gasteiger partial charge in [-0.3, -0.25) is 4.57 Å². The summed E-state index contributed by atoms with van der Waals surface area (Å²) < 4.78 is 9.41. The van der Waals surface area contributed by atoms with Gasteiger partial charge in [-0.25, -0.2) is 9.97 Å². The zero-order valence-electron chi connectivity index (χ0n) is 52.1. The van der Waals surface area contributed by atoms with Gasteiger partial charge < -0.3 is 25.2 Å². The quantitative estimate of drug-likeness (QED) is 0.143. The van der Waals surface area contributed by atoms with Crippen molar-refractivity contribution >= 4 is 92.9 Å². The second kappa shape index (κ2) is 25.5. The van der Waals surface area contributed by atoms with Crippen LogP contribution in [0.4, 0.5) is 0 Å². The van der Waals surface area contributed by atoms with Crippen LogP contribution in [0.1, 0.15) is 38.8 Å². The third kappa shape index (κ3) is 10.3. The van der Waals surface area contributed by atoms with E-state index in [1.54, 1.807) is 0 Å². The van der Waals surface area contributed by atoms with Crippen LogP contribution in [-0.4, -0.2) is 28.2 Å². The predicted octanol–water partition coefficient (Wildman–Crippen LogP) is 21.1. The van der Waals surface area contributed by atoms with Crippen LogP contribution < -0.4 is 11.5 Å². The van der Waals surface area contributed by atoms with Gasteiger partial charge in [0.15, 0.2) is 0 Å². The number of rotatable bonds is 10. The molecule has 5 aromatic heterocycles. The number of nitrogens with zero attached hydrogens (tertiary/aromatic N) is 6. The summed E-state index contributed by atoms with van der Waals surface area (Å²) in [7, 11) is 0. The molecule has 0 atom stereocenters. The fraction of sp³-hybridized carbons (Fsp3) is 0.0714. The Morgan fingerprint density at radius 2 is 0.717 bits per heavy atom. The molecule has 17 rings (SSSR count). The Labute approximate surface area is 535 Å². The van der Waals surface area contributed by atoms with Gasteiger partial charge in [-0.1, -0.05) is 264 Å². The average Bonchev–Trinajstić information content (AvgIpc) is 1.56. The van der Waals surface area contributed by atoms with E-state index >= 15 is 0 Å². The van der Waals surface area contributed by atoms with Crippen LogP contribution in [0.2, 0.25) is 0 Å². The number of nitrogens with two attached hydrogens (primary N) is 2. The van der Waals surface area contributed by atoms with Crippen molar-refractivity contribution in [2.75, 3.05) is 0 Å². The van der Waals surface area contributed by atoms with Crippen molar-refractivity contribution in [3.63, 3.8) is 0 Å². The van der Waals surface area contributed by atoms with Crippen molar-refractivity contribution in [2.45, 2.75) is 40.8 Å². The van der Waals surface area contributed by atoms with Gasteiger partial charge in [0.2, 0.25) is 5.95 Å². The molecule has 0 saturated heterocycles. The van der Waals surface area contributed by atoms with E-state index in [0.29, 0.717) is 12.6 Å². The fourth-order valence-electron chi connectivity index (χ4n) is 13.3. The van der Waals surface area contributed by atoms with Gasteiger partial charge in [0.05, 0.1) is 62.2 Å². The highest BCUT2D eigenvalue weighted by Gasteiger charge is 2.25. The summed E-state index contributed by atoms with van der Waals surface area (Å²) in [6.07, 6.45) is 2.94. The maximum Gasteiger partial charge on any atom is 0.235 e. The van der Waals surface area contributed by atoms with Gasteiger partial charge in [0, 0.05) is 71.3 Å². The number of benzene rings is 12. The molecule has 92 heavy (non-hydrogen) atoms. The number of fused-ring (bicyclic) bond motifs is 14. The van der Waals surface area contributed by atoms with Crippen LogP contribution in [-0.2, 0) is 13.1 Å². The first-order valence-corrected chi connectivity index (χ1v) is 31.9. The summed E-state index contributed by atoms with van der Waals surface area (Å²) in [4.78, 5) is 11.0. The third-order valence-corrected chi connectivity index (χ3v) is 17.3. The van der Waals surface area contributed by atoms with Gasteiger partial charge in [-0.2, -0.15) is 0 Å². The SMILES string of the molecule is CC.CC.N/C(=C\Cc1ccccc1)c1ccccc1.NCn1c2ccc(-c3ccc4c(c3)c3ccc5c6ccccc6n(-c6ccccc6)c5c3n4-c3nc(-c4ccccc4)cc(-c4ccccc4)n3)cc2c2ccc3c4ccccc4n(-c4ccccc4)c3c21. The van der Waals surface area contributed by atoms with Gasteiger partial charge >= 0.3 is 0 Å². The lowest BCUT2D eigenvalue weighted by Gasteiger charge is -2.14. The molecule has 0 saturated carbocycles. The van der Waals surface area contributed by atoms with Crippen LogP contribution in [0, 0.1) is 0 Å². The molecule has 8 nitrogen and oxygen atoms in total. The molecule has 8 heteroatoms. The minimum Gasteiger partial charge on any atom is -0.398 e. The summed E-state index contributed by atoms with van der Waals surface area (Å²) in [5, 5.41) is 9.33. The first-order valence-electron chi connectivity index (χ1n) is 31.9. The van der Waals surface area contributed by atoms with E-state index in [4.69, 9.17) is 21.4 Å². The molecule has 0 unspecified atom stereocenters. The summed E-state index contributed by atoms with van der Waals surface area (Å²) in [6, 6.07) is 105. The Morgan fingerprint density at radius 3 is 1.22 bits per heavy atom. The zero-order valence-corrected chi connectivity index (χ0v) is 52.1. The van der Waals surface area contributed by atoms with Crippen LogP contribution in [0.25, 0.3) is 144 Å². The standard InChI is InChI=1S/C65H43N7.C15H15N.2C2H6/c66-40-69-57-35-29-43(37-53(57)51-33-31-49-47-25-13-15-27-58(47)70(62(49)61(51)69)45-21-9-3-10-22-45)44-30-36-60-54(38-44)52-34-32-50-48-26-14-16-28-59(48)71(46-23-11-4-12-24-46)63(50)64(52)72(60)65-67-55(41-17-5-1-6-18-41)39-56(68-65)42-19-7-2-8-20-42;16-15(14-9-5-2-6-10-14)12-11-13-7-3-1-4-8-13;2*1-2/h1-39H,40,66H2;1-10,12H,11,16H2;2*1-2H3/b;15-12-;;. The summed E-state index contributed by atoms with van der Waals surface area (Å²) >= 11 is 0. The molecule has 0 amide bonds. The molecular weight excluding hydrogens is 1120 g/mol. The topological polar surface area (TPSA) is 97.5 Å². The second-order valence-corrected chi connectivity index (χ2v) is 22.4. The highest BCUT2D eigenvalue weighted by atomic mass is 15.2. The molecule has 446 valence electrons. The third-order valence-electron chi connectivity index (χ3n) is 17.3. The van der Waals surface area contributed by atoms with Crippen molar-refractivity contribution in [1.29, 1.82) is 0 Å². The Balaban J connectivity index is 0.000000318. The molecule has 12 aromatic carbocycles. The largest absolute Gasteiger partial charge is 0.398 e. The van der Waals surface area contributed by atoms with Crippen molar-refractivity contribution < 1.29 is 0 Å². The molecule has 0 aliphatic rings. The molecule has 0 fully saturated rings. The molecule has 0 radical (unpaired) electrons. The van der Waals surface area contributed by atoms with Gasteiger partial charge in [-0.05, 0) is 95.4 Å². The van der Waals surface area contributed by atoms with Gasteiger partial charge in [0.1, 0.15) is 0 Å². The highest BCUT2D eigenvalue weighted by molar-refractivity contribution is 6.25. The summed E-state index contributed by atoms with van der Waals surface area (Å²) in [6.45, 7) is 8.34. The van der Waals surface area contributed by atoms with E-state index < -0.39 is 0 Å². The van der Waals surface area contributed by atoms with Crippen molar-refractivity contribution in [1.82, 2.24) is 28.2 Å². The van der Waals surface area contributed by atoms with E-state index in [-0.39, 0.29) is 0 Å². The summed E-state index contributed by atoms with van der Waals surface area (Å²) in [5.41, 5.74) is 33.0. The number of allylic oxidation sites excluding steroid dienone is 1. The number of hydrogen-bond donors (Lipinski definition) is 2. The Morgan fingerprint density at radius 1 is 0.337 bits per heavy atom. The molecule has 0 aliphatic heterocycles. The molecule has 17 aromatic rings. The maximum atomic E-state index is 6.75. The lowest BCUT2D eigenvalue weighted by Crippen LogP contribution is -2.07. The monoisotopic (exact) mass is 1190 g/mol. The molecule has 5 heterocycles. The Hall–Kier alpha value is -11.6. The van der Waals surface area contributed by atoms with Crippen LogP contribution >= 0.6 is 0 Å². The van der Waals surface area contributed by atoms with E-state index in [9.17, 15) is 0 Å². The zero-order chi connectivity index (χ0) is 62.7. The van der Waals surface area contributed by atoms with Gasteiger partial charge in [-0.15, -0.1) is 0 Å². The number of hydrogen-bond acceptors (Lipinski definition) is 4. The van der Waals surface area contributed by atoms with Crippen LogP contribution in [0.3, 0.4) is 0 Å². The normalized spacial score (nSPS) is 11.5. The van der Waals surface area contributed by atoms with Crippen LogP contribution in [0.5, 0.6) is 0 Å². The van der Waals surface area contributed by atoms with Crippen molar-refractivity contribution in [3.05, 3.63) is 314 Å². The van der Waals surface area contributed by atoms with E-state index in [0.717, 1.165) is 123 Å². The average molecular weight is 1190 g/mol. The lowest BCUT2D eigenvalue weighted by atomic mass is 10.00. The number of aromatic nitrogens is 6. The van der Waals surface area contributed by atoms with Crippen molar-refractivity contribution in [2.24, 2.45) is 11.5 Å². The van der Waals surface area contributed by atoms with E-state index in [2.05, 4.69) is 261 Å². The smallest absolute Gasteiger partial charge is 0.235 e. The minimum absolute atomic E-state index is 0.341. The van der Waals surface area contributed by atoms with Crippen molar-refractivity contribution in [3.8, 4) is 51.0 Å². The van der Waals surface area contributed by atoms with Gasteiger partial charge in [0.25, 0.3) is 0 Å². The summed E-state index contributed by atoms with van der Waals surface area (Å²) in [5.74, 6) is 0.607. The van der Waals surface area contributed by atoms with E-state index in [1.165, 1.54) is 32.6 Å². The minimum atomic E-state index is 0.341. The molecular formula is C84H70N8. The maximum absolute atomic E-state index is 6.75. The fourth-order valence-corrected chi connectivity index (χ4v) is 13.3. The van der Waals surface area contributed by atoms with Crippen LogP contribution in [0.15, 0.2) is 303 Å². The van der Waals surface area contributed by atoms with E-state index in [1.807, 2.05) is 88.4 Å². The molecule has 0 aliphatic carbocycles. The molecule has 4 N–H and O–H groups in total. The second-order valence-electron chi connectivity index (χ2n) is 22.4. The Bertz CT molecular complexity index is 5430. The molecule has 0 bridgehead atoms. The Kier molecular flexibility index (Phi) is 16.1. The first-order chi connectivity index (χ1) is 45.6. The molecule has 0 spiro atoms. The predicted molar refractivity (Wildman–Crippen MR) is 390 cm³/mol. The highest BCUT2D eigenvalue weighted by Crippen LogP contribution is 2.45. The lowest BCUT2D eigenvalue weighted by molar-refractivity contribution is 0.791.